The molecule has 3 aliphatic heterocycles. The Bertz CT molecular complexity index is 1510. The second-order valence-electron chi connectivity index (χ2n) is 11.6. The van der Waals surface area contributed by atoms with Crippen LogP contribution in [0.5, 0.6) is 5.88 Å². The number of anilines is 3. The summed E-state index contributed by atoms with van der Waals surface area (Å²) in [6.45, 7) is 5.79. The molecule has 2 aromatic heterocycles. The molecular formula is C31H37N7O4. The molecule has 220 valence electrons. The molecule has 7 rings (SSSR count). The van der Waals surface area contributed by atoms with Gasteiger partial charge in [0.15, 0.2) is 0 Å². The van der Waals surface area contributed by atoms with Gasteiger partial charge in [-0.1, -0.05) is 0 Å². The topological polar surface area (TPSA) is 115 Å². The van der Waals surface area contributed by atoms with Crippen LogP contribution in [-0.4, -0.2) is 72.3 Å². The Labute approximate surface area is 245 Å². The molecule has 0 spiro atoms. The first kappa shape index (κ1) is 26.9. The number of hydrogen-bond acceptors (Lipinski definition) is 9. The monoisotopic (exact) mass is 571 g/mol. The van der Waals surface area contributed by atoms with Gasteiger partial charge in [0.05, 0.1) is 61.4 Å². The zero-order valence-electron chi connectivity index (χ0n) is 24.1. The number of nitrogens with zero attached hydrogens (tertiary/aromatic N) is 5. The van der Waals surface area contributed by atoms with Crippen LogP contribution in [0.4, 0.5) is 17.1 Å². The lowest BCUT2D eigenvalue weighted by Crippen LogP contribution is -2.36. The number of ether oxygens (including phenoxy) is 3. The summed E-state index contributed by atoms with van der Waals surface area (Å²) in [6.07, 6.45) is 6.20. The number of hydrogen-bond donors (Lipinski definition) is 2. The predicted molar refractivity (Wildman–Crippen MR) is 160 cm³/mol. The quantitative estimate of drug-likeness (QED) is 0.474. The number of aromatic nitrogens is 3. The van der Waals surface area contributed by atoms with Gasteiger partial charge in [-0.2, -0.15) is 10.1 Å². The number of nitrogens with one attached hydrogen (secondary N) is 2. The van der Waals surface area contributed by atoms with Gasteiger partial charge in [0.2, 0.25) is 11.8 Å². The van der Waals surface area contributed by atoms with Crippen LogP contribution in [0.2, 0.25) is 0 Å². The van der Waals surface area contributed by atoms with Crippen LogP contribution in [0.1, 0.15) is 41.7 Å². The number of aryl methyl sites for hydroxylation is 2. The van der Waals surface area contributed by atoms with Gasteiger partial charge in [0.1, 0.15) is 0 Å². The van der Waals surface area contributed by atoms with Crippen molar-refractivity contribution in [2.24, 2.45) is 23.9 Å². The van der Waals surface area contributed by atoms with E-state index in [1.54, 1.807) is 23.0 Å². The second-order valence-corrected chi connectivity index (χ2v) is 11.6. The molecule has 11 nitrogen and oxygen atoms in total. The minimum atomic E-state index is -0.320. The van der Waals surface area contributed by atoms with Crippen LogP contribution in [0.3, 0.4) is 0 Å². The van der Waals surface area contributed by atoms with E-state index in [1.165, 1.54) is 12.8 Å². The van der Waals surface area contributed by atoms with Crippen molar-refractivity contribution in [2.45, 2.75) is 38.7 Å². The molecule has 0 unspecified atom stereocenters. The van der Waals surface area contributed by atoms with Crippen molar-refractivity contribution in [1.82, 2.24) is 14.8 Å². The Balaban J connectivity index is 1.22. The fourth-order valence-corrected chi connectivity index (χ4v) is 6.10. The predicted octanol–water partition coefficient (Wildman–Crippen LogP) is 4.24. The molecule has 2 N–H and O–H groups in total. The molecule has 11 heteroatoms. The summed E-state index contributed by atoms with van der Waals surface area (Å²) in [5.74, 6) is 2.04. The van der Waals surface area contributed by atoms with Crippen LogP contribution in [-0.2, 0) is 16.5 Å². The van der Waals surface area contributed by atoms with E-state index in [9.17, 15) is 4.79 Å². The Morgan fingerprint density at radius 1 is 1.10 bits per heavy atom. The molecule has 1 saturated carbocycles. The maximum atomic E-state index is 13.7. The number of fused-ring (bicyclic) bond motifs is 7. The standard InChI is InChI=1S/C31H37N7O4/c1-19-12-22-13-26(34-19)25-16-33-37(2)30(25)42-9-3-4-21(20-5-6-20)17-38-28-8-7-23(32-15-24-18-40-10-11-41-24)14-27(28)35-31(38)36-29(22)39/h7-8,12-14,16,20-21,24,32H,3-6,9-11,15,17-18H2,1-2H3,(H,35,36,39)/t21-,24+/m1/s1. The number of rotatable bonds is 4. The normalized spacial score (nSPS) is 23.7. The number of amides is 1. The first-order valence-corrected chi connectivity index (χ1v) is 14.9. The second kappa shape index (κ2) is 11.4. The van der Waals surface area contributed by atoms with E-state index in [2.05, 4.69) is 43.8 Å². The molecular weight excluding hydrogens is 534 g/mol. The highest BCUT2D eigenvalue weighted by Crippen LogP contribution is 2.43. The van der Waals surface area contributed by atoms with Crippen LogP contribution in [0.15, 0.2) is 41.5 Å². The number of pyridine rings is 1. The van der Waals surface area contributed by atoms with Gasteiger partial charge in [-0.05, 0) is 74.8 Å². The number of aliphatic imine (C=N–C) groups is 1. The number of guanidine groups is 1. The lowest BCUT2D eigenvalue weighted by atomic mass is 9.97. The van der Waals surface area contributed by atoms with Gasteiger partial charge in [0.25, 0.3) is 5.91 Å². The van der Waals surface area contributed by atoms with Gasteiger partial charge in [-0.3, -0.25) is 9.78 Å². The Morgan fingerprint density at radius 3 is 2.83 bits per heavy atom. The smallest absolute Gasteiger partial charge is 0.280 e. The van der Waals surface area contributed by atoms with E-state index >= 15 is 0 Å². The van der Waals surface area contributed by atoms with E-state index in [-0.39, 0.29) is 12.0 Å². The van der Waals surface area contributed by atoms with Crippen molar-refractivity contribution in [3.8, 4) is 17.1 Å². The van der Waals surface area contributed by atoms with Crippen molar-refractivity contribution in [3.63, 3.8) is 0 Å². The van der Waals surface area contributed by atoms with Crippen molar-refractivity contribution in [2.75, 3.05) is 55.1 Å². The molecule has 2 bridgehead atoms. The summed E-state index contributed by atoms with van der Waals surface area (Å²) < 4.78 is 19.3. The fraction of sp³-hybridized carbons (Fsp3) is 0.484. The van der Waals surface area contributed by atoms with Crippen molar-refractivity contribution >= 4 is 28.9 Å². The molecule has 2 fully saturated rings. The van der Waals surface area contributed by atoms with E-state index < -0.39 is 0 Å². The summed E-state index contributed by atoms with van der Waals surface area (Å²) in [5.41, 5.74) is 5.56. The highest BCUT2D eigenvalue weighted by atomic mass is 16.6. The largest absolute Gasteiger partial charge is 0.477 e. The van der Waals surface area contributed by atoms with Crippen LogP contribution < -0.4 is 20.3 Å². The third-order valence-electron chi connectivity index (χ3n) is 8.44. The van der Waals surface area contributed by atoms with Crippen LogP contribution in [0, 0.1) is 18.8 Å². The van der Waals surface area contributed by atoms with Crippen LogP contribution in [0.25, 0.3) is 11.3 Å². The molecule has 1 saturated heterocycles. The van der Waals surface area contributed by atoms with Crippen molar-refractivity contribution in [1.29, 1.82) is 0 Å². The van der Waals surface area contributed by atoms with Gasteiger partial charge in [-0.15, -0.1) is 0 Å². The Hall–Kier alpha value is -3.96. The third kappa shape index (κ3) is 5.58. The third-order valence-corrected chi connectivity index (χ3v) is 8.44. The maximum absolute atomic E-state index is 13.7. The zero-order valence-corrected chi connectivity index (χ0v) is 24.1. The average molecular weight is 572 g/mol. The summed E-state index contributed by atoms with van der Waals surface area (Å²) in [4.78, 5) is 25.2. The van der Waals surface area contributed by atoms with Crippen molar-refractivity contribution in [3.05, 3.63) is 47.8 Å². The highest BCUT2D eigenvalue weighted by Gasteiger charge is 2.36. The molecule has 1 aromatic carbocycles. The summed E-state index contributed by atoms with van der Waals surface area (Å²) in [5, 5.41) is 11.4. The van der Waals surface area contributed by atoms with E-state index in [0.29, 0.717) is 67.9 Å². The molecule has 1 aliphatic carbocycles. The molecule has 1 amide bonds. The van der Waals surface area contributed by atoms with E-state index in [4.69, 9.17) is 19.2 Å². The summed E-state index contributed by atoms with van der Waals surface area (Å²) >= 11 is 0. The van der Waals surface area contributed by atoms with Gasteiger partial charge in [-0.25, -0.2) is 4.68 Å². The van der Waals surface area contributed by atoms with Gasteiger partial charge >= 0.3 is 0 Å². The summed E-state index contributed by atoms with van der Waals surface area (Å²) in [7, 11) is 1.87. The SMILES string of the molecule is Cc1cc2cc(n1)-c1cnn(C)c1OCCC[C@@H](C1CC1)CN1/C(=N/C2=O)Nc2cc(NC[C@H]3COCCO3)ccc21. The number of benzene rings is 1. The molecule has 42 heavy (non-hydrogen) atoms. The van der Waals surface area contributed by atoms with E-state index in [1.807, 2.05) is 14.0 Å². The van der Waals surface area contributed by atoms with Gasteiger partial charge < -0.3 is 29.7 Å². The lowest BCUT2D eigenvalue weighted by Gasteiger charge is -2.26. The number of carbonyl (C=O) groups is 1. The molecule has 0 radical (unpaired) electrons. The Kier molecular flexibility index (Phi) is 7.29. The first-order chi connectivity index (χ1) is 20.5. The fourth-order valence-electron chi connectivity index (χ4n) is 6.10. The molecule has 5 heterocycles. The number of carbonyl (C=O) groups excluding carboxylic acids is 1. The average Bonchev–Trinajstić information content (AvgIpc) is 3.70. The molecule has 2 atom stereocenters. The van der Waals surface area contributed by atoms with E-state index in [0.717, 1.165) is 47.7 Å². The minimum absolute atomic E-state index is 0.0257. The first-order valence-electron chi connectivity index (χ1n) is 14.9. The highest BCUT2D eigenvalue weighted by molar-refractivity contribution is 6.19. The minimum Gasteiger partial charge on any atom is -0.477 e. The zero-order chi connectivity index (χ0) is 28.6. The van der Waals surface area contributed by atoms with Crippen LogP contribution >= 0.6 is 0 Å². The summed E-state index contributed by atoms with van der Waals surface area (Å²) in [6, 6.07) is 9.82. The molecule has 3 aromatic rings. The lowest BCUT2D eigenvalue weighted by molar-refractivity contribution is -0.0818. The Morgan fingerprint density at radius 2 is 2.00 bits per heavy atom. The van der Waals surface area contributed by atoms with Gasteiger partial charge in [0, 0.05) is 37.1 Å². The maximum Gasteiger partial charge on any atom is 0.280 e. The molecule has 4 aliphatic rings. The van der Waals surface area contributed by atoms with Crippen molar-refractivity contribution < 1.29 is 19.0 Å².